The third-order valence-corrected chi connectivity index (χ3v) is 0.861. The van der Waals surface area contributed by atoms with Crippen LogP contribution in [0, 0.1) is 0 Å². The van der Waals surface area contributed by atoms with Gasteiger partial charge in [-0.1, -0.05) is 0 Å². The minimum Gasteiger partial charge on any atom is -0.256 e. The molecular weight excluding hydrogens is 118 g/mol. The molecule has 4 heteroatoms. The highest BCUT2D eigenvalue weighted by molar-refractivity contribution is 5.80. The molecule has 46 valence electrons. The molecule has 0 saturated carbocycles. The average Bonchev–Trinajstić information content (AvgIpc) is 2.37. The van der Waals surface area contributed by atoms with E-state index >= 15 is 0 Å². The number of hydrogen-bond acceptors (Lipinski definition) is 2. The molecule has 0 saturated heterocycles. The molecule has 0 fully saturated rings. The lowest BCUT2D eigenvalue weighted by Gasteiger charge is -1.88. The number of rotatable bonds is 0. The summed E-state index contributed by atoms with van der Waals surface area (Å²) in [5.41, 5.74) is 0. The number of aromatic nitrogens is 2. The molecule has 0 atom stereocenters. The summed E-state index contributed by atoms with van der Waals surface area (Å²) < 4.78 is 1.24. The maximum atomic E-state index is 10.6. The highest BCUT2D eigenvalue weighted by Crippen LogP contribution is 1.85. The van der Waals surface area contributed by atoms with Crippen LogP contribution in [0.15, 0.2) is 23.7 Å². The molecule has 0 aliphatic carbocycles. The molecule has 1 aromatic heterocycles. The van der Waals surface area contributed by atoms with Crippen molar-refractivity contribution in [3.05, 3.63) is 18.7 Å². The Morgan fingerprint density at radius 2 is 2.56 bits per heavy atom. The topological polar surface area (TPSA) is 47.2 Å². The van der Waals surface area contributed by atoms with E-state index in [9.17, 15) is 4.79 Å². The van der Waals surface area contributed by atoms with Crippen molar-refractivity contribution in [1.29, 1.82) is 0 Å². The zero-order valence-corrected chi connectivity index (χ0v) is 4.69. The third-order valence-electron chi connectivity index (χ3n) is 0.861. The Labute approximate surface area is 51.9 Å². The monoisotopic (exact) mass is 123 g/mol. The Kier molecular flexibility index (Phi) is 1.40. The van der Waals surface area contributed by atoms with Crippen LogP contribution in [-0.2, 0) is 0 Å². The van der Waals surface area contributed by atoms with E-state index in [2.05, 4.69) is 16.7 Å². The number of hydrogen-bond donors (Lipinski definition) is 0. The second kappa shape index (κ2) is 2.21. The van der Waals surface area contributed by atoms with Crippen LogP contribution in [0.3, 0.4) is 0 Å². The van der Waals surface area contributed by atoms with Crippen molar-refractivity contribution in [2.45, 2.75) is 0 Å². The van der Waals surface area contributed by atoms with Crippen LogP contribution in [-0.4, -0.2) is 22.3 Å². The third kappa shape index (κ3) is 1.02. The fourth-order valence-corrected chi connectivity index (χ4v) is 0.454. The highest BCUT2D eigenvalue weighted by Gasteiger charge is 1.95. The van der Waals surface area contributed by atoms with Gasteiger partial charge in [0.25, 0.3) is 0 Å². The fraction of sp³-hybridized carbons (Fsp3) is 0. The predicted molar refractivity (Wildman–Crippen MR) is 32.6 cm³/mol. The maximum Gasteiger partial charge on any atom is 0.352 e. The number of imidazole rings is 1. The summed E-state index contributed by atoms with van der Waals surface area (Å²) in [6.45, 7) is 3.07. The molecule has 1 amide bonds. The molecule has 1 heterocycles. The molecule has 1 aromatic rings. The molecule has 4 nitrogen and oxygen atoms in total. The Morgan fingerprint density at radius 1 is 1.78 bits per heavy atom. The van der Waals surface area contributed by atoms with E-state index in [0.29, 0.717) is 0 Å². The van der Waals surface area contributed by atoms with Gasteiger partial charge in [0.15, 0.2) is 0 Å². The van der Waals surface area contributed by atoms with Crippen molar-refractivity contribution in [2.24, 2.45) is 4.99 Å². The Balaban J connectivity index is 2.89. The summed E-state index contributed by atoms with van der Waals surface area (Å²) in [5, 5.41) is 0. The van der Waals surface area contributed by atoms with Gasteiger partial charge in [-0.05, 0) is 6.72 Å². The minimum atomic E-state index is -0.410. The van der Waals surface area contributed by atoms with E-state index < -0.39 is 6.03 Å². The zero-order valence-electron chi connectivity index (χ0n) is 4.69. The Hall–Kier alpha value is -1.45. The highest BCUT2D eigenvalue weighted by atomic mass is 16.2. The number of nitrogens with zero attached hydrogens (tertiary/aromatic N) is 3. The lowest BCUT2D eigenvalue weighted by molar-refractivity contribution is 0.251. The first-order chi connectivity index (χ1) is 4.34. The molecule has 0 aliphatic heterocycles. The number of carbonyl (C=O) groups excluding carboxylic acids is 1. The van der Waals surface area contributed by atoms with E-state index in [-0.39, 0.29) is 0 Å². The van der Waals surface area contributed by atoms with E-state index in [4.69, 9.17) is 0 Å². The van der Waals surface area contributed by atoms with E-state index in [1.807, 2.05) is 0 Å². The summed E-state index contributed by atoms with van der Waals surface area (Å²) >= 11 is 0. The van der Waals surface area contributed by atoms with Gasteiger partial charge in [0, 0.05) is 12.4 Å². The van der Waals surface area contributed by atoms with Gasteiger partial charge in [-0.2, -0.15) is 0 Å². The van der Waals surface area contributed by atoms with Crippen molar-refractivity contribution < 1.29 is 4.79 Å². The van der Waals surface area contributed by atoms with Crippen LogP contribution in [0.4, 0.5) is 4.79 Å². The van der Waals surface area contributed by atoms with Crippen LogP contribution < -0.4 is 0 Å². The summed E-state index contributed by atoms with van der Waals surface area (Å²) in [4.78, 5) is 17.4. The van der Waals surface area contributed by atoms with Gasteiger partial charge in [-0.3, -0.25) is 4.57 Å². The predicted octanol–water partition coefficient (Wildman–Crippen LogP) is 0.552. The fourth-order valence-electron chi connectivity index (χ4n) is 0.454. The maximum absolute atomic E-state index is 10.6. The Bertz CT molecular complexity index is 214. The van der Waals surface area contributed by atoms with Crippen molar-refractivity contribution in [2.75, 3.05) is 0 Å². The minimum absolute atomic E-state index is 0.410. The van der Waals surface area contributed by atoms with Gasteiger partial charge in [0.05, 0.1) is 0 Å². The van der Waals surface area contributed by atoms with E-state index in [1.165, 1.54) is 23.3 Å². The van der Waals surface area contributed by atoms with Crippen molar-refractivity contribution >= 4 is 12.7 Å². The summed E-state index contributed by atoms with van der Waals surface area (Å²) in [6.07, 6.45) is 4.39. The molecule has 0 bridgehead atoms. The van der Waals surface area contributed by atoms with Gasteiger partial charge < -0.3 is 0 Å². The van der Waals surface area contributed by atoms with Crippen LogP contribution in [0.25, 0.3) is 0 Å². The standard InChI is InChI=1S/C5H5N3O/c1-6-5(9)8-3-2-7-4-8/h2-4H,1H2. The SMILES string of the molecule is C=NC(=O)n1ccnc1. The number of amides is 1. The molecule has 9 heavy (non-hydrogen) atoms. The normalized spacial score (nSPS) is 8.89. The molecule has 0 N–H and O–H groups in total. The van der Waals surface area contributed by atoms with Crippen molar-refractivity contribution in [3.63, 3.8) is 0 Å². The first-order valence-corrected chi connectivity index (χ1v) is 2.33. The van der Waals surface area contributed by atoms with Crippen molar-refractivity contribution in [3.8, 4) is 0 Å². The molecule has 0 aliphatic rings. The van der Waals surface area contributed by atoms with Crippen LogP contribution in [0.2, 0.25) is 0 Å². The van der Waals surface area contributed by atoms with Crippen LogP contribution in [0.1, 0.15) is 0 Å². The van der Waals surface area contributed by atoms with Gasteiger partial charge in [-0.15, -0.1) is 0 Å². The largest absolute Gasteiger partial charge is 0.352 e. The molecule has 0 unspecified atom stereocenters. The molecule has 0 radical (unpaired) electrons. The Morgan fingerprint density at radius 3 is 3.00 bits per heavy atom. The smallest absolute Gasteiger partial charge is 0.256 e. The van der Waals surface area contributed by atoms with Crippen LogP contribution >= 0.6 is 0 Å². The van der Waals surface area contributed by atoms with E-state index in [0.717, 1.165) is 0 Å². The second-order valence-corrected chi connectivity index (χ2v) is 1.41. The zero-order chi connectivity index (χ0) is 6.69. The number of carbonyl (C=O) groups is 1. The quantitative estimate of drug-likeness (QED) is 0.473. The second-order valence-electron chi connectivity index (χ2n) is 1.41. The van der Waals surface area contributed by atoms with E-state index in [1.54, 1.807) is 0 Å². The van der Waals surface area contributed by atoms with Crippen LogP contribution in [0.5, 0.6) is 0 Å². The first-order valence-electron chi connectivity index (χ1n) is 2.33. The van der Waals surface area contributed by atoms with Gasteiger partial charge in [-0.25, -0.2) is 14.8 Å². The number of aliphatic imine (C=N–C) groups is 1. The van der Waals surface area contributed by atoms with Gasteiger partial charge in [0.2, 0.25) is 0 Å². The lowest BCUT2D eigenvalue weighted by Crippen LogP contribution is -2.01. The van der Waals surface area contributed by atoms with Crippen molar-refractivity contribution in [1.82, 2.24) is 9.55 Å². The molecule has 0 aromatic carbocycles. The summed E-state index contributed by atoms with van der Waals surface area (Å²) in [6, 6.07) is -0.410. The summed E-state index contributed by atoms with van der Waals surface area (Å²) in [5.74, 6) is 0. The lowest BCUT2D eigenvalue weighted by atomic mass is 10.8. The van der Waals surface area contributed by atoms with Gasteiger partial charge >= 0.3 is 6.03 Å². The van der Waals surface area contributed by atoms with Gasteiger partial charge in [0.1, 0.15) is 6.33 Å². The molecule has 1 rings (SSSR count). The summed E-state index contributed by atoms with van der Waals surface area (Å²) in [7, 11) is 0. The molecule has 0 spiro atoms. The average molecular weight is 123 g/mol. The molecular formula is C5H5N3O. The first kappa shape index (κ1) is 5.68.